The molecule has 1 aromatic heterocycles. The molecule has 1 aliphatic heterocycles. The summed E-state index contributed by atoms with van der Waals surface area (Å²) in [5.41, 5.74) is 6.15. The van der Waals surface area contributed by atoms with Gasteiger partial charge in [0, 0.05) is 59.1 Å². The number of nitrogens with one attached hydrogen (secondary N) is 1. The lowest BCUT2D eigenvalue weighted by Crippen LogP contribution is -2.36. The van der Waals surface area contributed by atoms with E-state index < -0.39 is 0 Å². The number of ether oxygens (including phenoxy) is 1. The minimum atomic E-state index is -0.138. The fourth-order valence-electron chi connectivity index (χ4n) is 4.47. The number of thiazole rings is 1. The highest BCUT2D eigenvalue weighted by molar-refractivity contribution is 7.14. The zero-order valence-corrected chi connectivity index (χ0v) is 23.0. The Morgan fingerprint density at radius 3 is 2.36 bits per heavy atom. The molecular weight excluding hydrogens is 508 g/mol. The van der Waals surface area contributed by atoms with Gasteiger partial charge in [-0.05, 0) is 55.8 Å². The van der Waals surface area contributed by atoms with Crippen molar-refractivity contribution in [2.45, 2.75) is 26.4 Å². The summed E-state index contributed by atoms with van der Waals surface area (Å²) < 4.78 is 5.42. The number of rotatable bonds is 9. The first-order valence-electron chi connectivity index (χ1n) is 13.1. The molecule has 5 rings (SSSR count). The minimum absolute atomic E-state index is 0.138. The number of morpholine rings is 1. The topological polar surface area (TPSA) is 74.8 Å². The molecule has 3 aromatic carbocycles. The molecule has 0 unspecified atom stereocenters. The van der Waals surface area contributed by atoms with Crippen LogP contribution in [0.1, 0.15) is 40.1 Å². The standard InChI is InChI=1S/C31H32N4O3S/c1-22(2)35(19-23-3-5-24(20-36)6-4-23)31-33-29(21-39-31)25-7-11-27(12-8-25)32-30(37)26-9-13-28(14-10-26)34-15-17-38-18-16-34/h3-14,20-22H,15-19H2,1-2H3,(H,32,37). The monoisotopic (exact) mass is 540 g/mol. The number of hydrogen-bond acceptors (Lipinski definition) is 7. The van der Waals surface area contributed by atoms with Crippen molar-refractivity contribution < 1.29 is 14.3 Å². The lowest BCUT2D eigenvalue weighted by atomic mass is 10.1. The van der Waals surface area contributed by atoms with Crippen molar-refractivity contribution in [2.75, 3.05) is 41.4 Å². The first-order valence-corrected chi connectivity index (χ1v) is 14.0. The van der Waals surface area contributed by atoms with Gasteiger partial charge in [-0.1, -0.05) is 36.4 Å². The molecule has 1 N–H and O–H groups in total. The van der Waals surface area contributed by atoms with E-state index in [4.69, 9.17) is 9.72 Å². The molecule has 0 saturated carbocycles. The number of carbonyl (C=O) groups is 2. The van der Waals surface area contributed by atoms with Gasteiger partial charge in [-0.3, -0.25) is 9.59 Å². The van der Waals surface area contributed by atoms with Gasteiger partial charge in [0.25, 0.3) is 5.91 Å². The fourth-order valence-corrected chi connectivity index (χ4v) is 5.44. The van der Waals surface area contributed by atoms with Gasteiger partial charge >= 0.3 is 0 Å². The van der Waals surface area contributed by atoms with Crippen molar-refractivity contribution in [3.05, 3.63) is 94.9 Å². The van der Waals surface area contributed by atoms with Crippen molar-refractivity contribution in [1.82, 2.24) is 4.98 Å². The molecule has 200 valence electrons. The number of benzene rings is 3. The molecule has 4 aromatic rings. The second-order valence-corrected chi connectivity index (χ2v) is 10.6. The van der Waals surface area contributed by atoms with Gasteiger partial charge in [0.15, 0.2) is 5.13 Å². The van der Waals surface area contributed by atoms with Crippen LogP contribution in [0.25, 0.3) is 11.3 Å². The number of anilines is 3. The van der Waals surface area contributed by atoms with E-state index in [1.54, 1.807) is 11.3 Å². The van der Waals surface area contributed by atoms with E-state index in [0.717, 1.165) is 65.9 Å². The number of hydrogen-bond donors (Lipinski definition) is 1. The first kappa shape index (κ1) is 26.6. The Hall–Kier alpha value is -4.01. The van der Waals surface area contributed by atoms with Crippen molar-refractivity contribution in [3.63, 3.8) is 0 Å². The molecule has 8 heteroatoms. The molecule has 0 aliphatic carbocycles. The Balaban J connectivity index is 1.22. The molecular formula is C31H32N4O3S. The second kappa shape index (κ2) is 12.2. The third-order valence-electron chi connectivity index (χ3n) is 6.77. The Bertz CT molecular complexity index is 1390. The summed E-state index contributed by atoms with van der Waals surface area (Å²) in [5.74, 6) is -0.138. The van der Waals surface area contributed by atoms with Crippen LogP contribution in [0.5, 0.6) is 0 Å². The maximum atomic E-state index is 12.8. The van der Waals surface area contributed by atoms with Crippen molar-refractivity contribution in [2.24, 2.45) is 0 Å². The largest absolute Gasteiger partial charge is 0.378 e. The zero-order valence-electron chi connectivity index (χ0n) is 22.2. The summed E-state index contributed by atoms with van der Waals surface area (Å²) >= 11 is 1.61. The Morgan fingerprint density at radius 1 is 1.03 bits per heavy atom. The zero-order chi connectivity index (χ0) is 27.2. The van der Waals surface area contributed by atoms with E-state index in [1.807, 2.05) is 72.8 Å². The molecule has 1 saturated heterocycles. The van der Waals surface area contributed by atoms with Crippen molar-refractivity contribution >= 4 is 40.0 Å². The molecule has 1 amide bonds. The lowest BCUT2D eigenvalue weighted by molar-refractivity contribution is 0.102. The number of amides is 1. The van der Waals surface area contributed by atoms with E-state index in [2.05, 4.69) is 34.3 Å². The first-order chi connectivity index (χ1) is 19.0. The predicted molar refractivity (Wildman–Crippen MR) is 158 cm³/mol. The number of nitrogens with zero attached hydrogens (tertiary/aromatic N) is 3. The molecule has 7 nitrogen and oxygen atoms in total. The van der Waals surface area contributed by atoms with Crippen molar-refractivity contribution in [3.8, 4) is 11.3 Å². The van der Waals surface area contributed by atoms with Crippen molar-refractivity contribution in [1.29, 1.82) is 0 Å². The average molecular weight is 541 g/mol. The van der Waals surface area contributed by atoms with E-state index >= 15 is 0 Å². The van der Waals surface area contributed by atoms with Crippen LogP contribution in [-0.4, -0.2) is 49.5 Å². The summed E-state index contributed by atoms with van der Waals surface area (Å²) in [6.45, 7) is 8.20. The molecule has 1 fully saturated rings. The van der Waals surface area contributed by atoms with Crippen LogP contribution in [-0.2, 0) is 11.3 Å². The quantitative estimate of drug-likeness (QED) is 0.258. The minimum Gasteiger partial charge on any atom is -0.378 e. The summed E-state index contributed by atoms with van der Waals surface area (Å²) in [6.07, 6.45) is 0.859. The SMILES string of the molecule is CC(C)N(Cc1ccc(C=O)cc1)c1nc(-c2ccc(NC(=O)c3ccc(N4CCOCC4)cc3)cc2)cs1. The number of carbonyl (C=O) groups excluding carboxylic acids is 2. The third kappa shape index (κ3) is 6.53. The predicted octanol–water partition coefficient (Wildman–Crippen LogP) is 6.13. The summed E-state index contributed by atoms with van der Waals surface area (Å²) in [5, 5.41) is 5.99. The van der Waals surface area contributed by atoms with Gasteiger partial charge in [-0.25, -0.2) is 4.98 Å². The van der Waals surface area contributed by atoms with Gasteiger partial charge in [0.1, 0.15) is 6.29 Å². The normalized spacial score (nSPS) is 13.4. The molecule has 0 atom stereocenters. The van der Waals surface area contributed by atoms with Crippen LogP contribution in [0.15, 0.2) is 78.2 Å². The Morgan fingerprint density at radius 2 is 1.72 bits per heavy atom. The molecule has 2 heterocycles. The van der Waals surface area contributed by atoms with Crippen LogP contribution >= 0.6 is 11.3 Å². The van der Waals surface area contributed by atoms with E-state index in [1.165, 1.54) is 0 Å². The van der Waals surface area contributed by atoms with Gasteiger partial charge in [-0.15, -0.1) is 11.3 Å². The molecule has 0 spiro atoms. The highest BCUT2D eigenvalue weighted by Crippen LogP contribution is 2.30. The third-order valence-corrected chi connectivity index (χ3v) is 7.65. The van der Waals surface area contributed by atoms with E-state index in [0.29, 0.717) is 17.7 Å². The number of aromatic nitrogens is 1. The molecule has 0 radical (unpaired) electrons. The molecule has 1 aliphatic rings. The van der Waals surface area contributed by atoms with Crippen LogP contribution in [0.3, 0.4) is 0 Å². The van der Waals surface area contributed by atoms with Crippen LogP contribution in [0.4, 0.5) is 16.5 Å². The smallest absolute Gasteiger partial charge is 0.255 e. The Kier molecular flexibility index (Phi) is 8.34. The maximum Gasteiger partial charge on any atom is 0.255 e. The highest BCUT2D eigenvalue weighted by Gasteiger charge is 2.17. The van der Waals surface area contributed by atoms with Gasteiger partial charge < -0.3 is 19.9 Å². The Labute approximate surface area is 233 Å². The molecule has 0 bridgehead atoms. The second-order valence-electron chi connectivity index (χ2n) is 9.77. The molecule has 39 heavy (non-hydrogen) atoms. The maximum absolute atomic E-state index is 12.8. The highest BCUT2D eigenvalue weighted by atomic mass is 32.1. The van der Waals surface area contributed by atoms with Gasteiger partial charge in [0.2, 0.25) is 0 Å². The van der Waals surface area contributed by atoms with Gasteiger partial charge in [-0.2, -0.15) is 0 Å². The van der Waals surface area contributed by atoms with E-state index in [-0.39, 0.29) is 11.9 Å². The van der Waals surface area contributed by atoms with Gasteiger partial charge in [0.05, 0.1) is 18.9 Å². The van der Waals surface area contributed by atoms with Crippen LogP contribution in [0, 0.1) is 0 Å². The van der Waals surface area contributed by atoms with Crippen LogP contribution in [0.2, 0.25) is 0 Å². The van der Waals surface area contributed by atoms with E-state index in [9.17, 15) is 9.59 Å². The summed E-state index contributed by atoms with van der Waals surface area (Å²) in [6, 6.07) is 23.4. The summed E-state index contributed by atoms with van der Waals surface area (Å²) in [4.78, 5) is 33.2. The number of aldehydes is 1. The average Bonchev–Trinajstić information content (AvgIpc) is 3.47. The lowest BCUT2D eigenvalue weighted by Gasteiger charge is -2.28. The van der Waals surface area contributed by atoms with Crippen LogP contribution < -0.4 is 15.1 Å². The fraction of sp³-hybridized carbons (Fsp3) is 0.258. The summed E-state index contributed by atoms with van der Waals surface area (Å²) in [7, 11) is 0.